The van der Waals surface area contributed by atoms with Crippen LogP contribution < -0.4 is 15.4 Å². The minimum Gasteiger partial charge on any atom is -0.504 e. The van der Waals surface area contributed by atoms with Crippen molar-refractivity contribution in [3.05, 3.63) is 95.1 Å². The van der Waals surface area contributed by atoms with Crippen molar-refractivity contribution >= 4 is 23.7 Å². The van der Waals surface area contributed by atoms with Gasteiger partial charge in [0, 0.05) is 18.5 Å². The summed E-state index contributed by atoms with van der Waals surface area (Å²) in [6.45, 7) is 2.17. The molecule has 0 bridgehead atoms. The standard InChI is InChI=1S/C31H34N2O6/c1-3-7-24(18-23-12-15-27(34)28(35)20-23)30(37)33-26(19-22-8-5-4-6-9-22)29(36)31(38)32-17-16-21-10-13-25(39-2)14-11-21/h4-6,8-15,18,20,26,34-35H,3,7,16-17,19H2,1-2H3,(H,32,38)(H,33,37)/b24-18+/t26-/m0/s1. The summed E-state index contributed by atoms with van der Waals surface area (Å²) in [7, 11) is 1.59. The quantitative estimate of drug-likeness (QED) is 0.151. The average molecular weight is 531 g/mol. The van der Waals surface area contributed by atoms with E-state index in [0.717, 1.165) is 16.9 Å². The number of benzene rings is 3. The summed E-state index contributed by atoms with van der Waals surface area (Å²) in [5.74, 6) is -1.82. The molecular weight excluding hydrogens is 496 g/mol. The van der Waals surface area contributed by atoms with E-state index in [1.165, 1.54) is 12.1 Å². The number of phenols is 2. The molecule has 3 aromatic rings. The number of methoxy groups -OCH3 is 1. The number of amides is 2. The van der Waals surface area contributed by atoms with Gasteiger partial charge < -0.3 is 25.6 Å². The van der Waals surface area contributed by atoms with Crippen molar-refractivity contribution in [1.29, 1.82) is 0 Å². The summed E-state index contributed by atoms with van der Waals surface area (Å²) in [6.07, 6.45) is 3.34. The molecule has 204 valence electrons. The van der Waals surface area contributed by atoms with Crippen LogP contribution in [0.4, 0.5) is 0 Å². The fraction of sp³-hybridized carbons (Fsp3) is 0.258. The lowest BCUT2D eigenvalue weighted by Crippen LogP contribution is -2.49. The van der Waals surface area contributed by atoms with E-state index < -0.39 is 23.6 Å². The highest BCUT2D eigenvalue weighted by molar-refractivity contribution is 6.38. The van der Waals surface area contributed by atoms with Crippen LogP contribution in [0.2, 0.25) is 0 Å². The minimum absolute atomic E-state index is 0.150. The van der Waals surface area contributed by atoms with Crippen molar-refractivity contribution in [2.75, 3.05) is 13.7 Å². The molecule has 2 amide bonds. The number of carbonyl (C=O) groups excluding carboxylic acids is 3. The van der Waals surface area contributed by atoms with Gasteiger partial charge in [0.25, 0.3) is 5.91 Å². The minimum atomic E-state index is -1.07. The van der Waals surface area contributed by atoms with Gasteiger partial charge in [0.2, 0.25) is 11.7 Å². The highest BCUT2D eigenvalue weighted by atomic mass is 16.5. The topological polar surface area (TPSA) is 125 Å². The van der Waals surface area contributed by atoms with Crippen LogP contribution in [0.15, 0.2) is 78.4 Å². The number of nitrogens with one attached hydrogen (secondary N) is 2. The predicted molar refractivity (Wildman–Crippen MR) is 149 cm³/mol. The molecule has 4 N–H and O–H groups in total. The van der Waals surface area contributed by atoms with Gasteiger partial charge in [-0.1, -0.05) is 61.9 Å². The molecule has 1 atom stereocenters. The number of hydrogen-bond acceptors (Lipinski definition) is 6. The second kappa shape index (κ2) is 14.4. The van der Waals surface area contributed by atoms with Crippen LogP contribution in [0.1, 0.15) is 36.5 Å². The van der Waals surface area contributed by atoms with Gasteiger partial charge in [-0.25, -0.2) is 0 Å². The molecule has 0 aliphatic carbocycles. The van der Waals surface area contributed by atoms with Crippen LogP contribution in [0.5, 0.6) is 17.2 Å². The molecule has 0 aromatic heterocycles. The van der Waals surface area contributed by atoms with Crippen molar-refractivity contribution in [3.8, 4) is 17.2 Å². The van der Waals surface area contributed by atoms with Gasteiger partial charge in [0.05, 0.1) is 7.11 Å². The zero-order valence-electron chi connectivity index (χ0n) is 22.1. The normalized spacial score (nSPS) is 11.9. The summed E-state index contributed by atoms with van der Waals surface area (Å²) < 4.78 is 5.15. The molecule has 0 saturated heterocycles. The van der Waals surface area contributed by atoms with E-state index in [2.05, 4.69) is 10.6 Å². The molecule has 0 spiro atoms. The third-order valence-electron chi connectivity index (χ3n) is 6.14. The van der Waals surface area contributed by atoms with Gasteiger partial charge in [0.1, 0.15) is 11.8 Å². The van der Waals surface area contributed by atoms with Gasteiger partial charge in [-0.05, 0) is 59.9 Å². The highest BCUT2D eigenvalue weighted by Crippen LogP contribution is 2.26. The van der Waals surface area contributed by atoms with Crippen LogP contribution >= 0.6 is 0 Å². The van der Waals surface area contributed by atoms with E-state index in [-0.39, 0.29) is 24.5 Å². The Kier molecular flexibility index (Phi) is 10.7. The molecule has 3 aromatic carbocycles. The molecular formula is C31H34N2O6. The second-order valence-corrected chi connectivity index (χ2v) is 9.10. The SMILES string of the molecule is CCC/C(=C\c1ccc(O)c(O)c1)C(=O)N[C@@H](Cc1ccccc1)C(=O)C(=O)NCCc1ccc(OC)cc1. The Bertz CT molecular complexity index is 1300. The molecule has 39 heavy (non-hydrogen) atoms. The van der Waals surface area contributed by atoms with Crippen molar-refractivity contribution in [2.45, 2.75) is 38.6 Å². The van der Waals surface area contributed by atoms with Crippen molar-refractivity contribution < 1.29 is 29.3 Å². The molecule has 3 rings (SSSR count). The third kappa shape index (κ3) is 8.74. The van der Waals surface area contributed by atoms with Crippen LogP contribution in [-0.4, -0.2) is 47.5 Å². The predicted octanol–water partition coefficient (Wildman–Crippen LogP) is 3.95. The first-order valence-electron chi connectivity index (χ1n) is 12.8. The zero-order chi connectivity index (χ0) is 28.2. The lowest BCUT2D eigenvalue weighted by atomic mass is 10.00. The first-order chi connectivity index (χ1) is 18.8. The van der Waals surface area contributed by atoms with Crippen molar-refractivity contribution in [2.24, 2.45) is 0 Å². The number of rotatable bonds is 13. The summed E-state index contributed by atoms with van der Waals surface area (Å²) in [5, 5.41) is 24.8. The summed E-state index contributed by atoms with van der Waals surface area (Å²) in [5.41, 5.74) is 2.68. The molecule has 0 heterocycles. The van der Waals surface area contributed by atoms with Crippen LogP contribution in [0, 0.1) is 0 Å². The van der Waals surface area contributed by atoms with E-state index in [9.17, 15) is 24.6 Å². The fourth-order valence-electron chi connectivity index (χ4n) is 4.02. The maximum atomic E-state index is 13.3. The number of ether oxygens (including phenoxy) is 1. The largest absolute Gasteiger partial charge is 0.504 e. The average Bonchev–Trinajstić information content (AvgIpc) is 2.94. The maximum absolute atomic E-state index is 13.3. The van der Waals surface area contributed by atoms with E-state index in [4.69, 9.17) is 4.74 Å². The van der Waals surface area contributed by atoms with Crippen molar-refractivity contribution in [1.82, 2.24) is 10.6 Å². The Balaban J connectivity index is 1.73. The van der Waals surface area contributed by atoms with E-state index >= 15 is 0 Å². The first-order valence-corrected chi connectivity index (χ1v) is 12.8. The number of phenolic OH excluding ortho intramolecular Hbond substituents is 2. The van der Waals surface area contributed by atoms with Crippen LogP contribution in [-0.2, 0) is 27.2 Å². The van der Waals surface area contributed by atoms with Gasteiger partial charge in [-0.3, -0.25) is 14.4 Å². The van der Waals surface area contributed by atoms with E-state index in [0.29, 0.717) is 30.4 Å². The second-order valence-electron chi connectivity index (χ2n) is 9.10. The van der Waals surface area contributed by atoms with Gasteiger partial charge in [0.15, 0.2) is 11.5 Å². The molecule has 0 unspecified atom stereocenters. The highest BCUT2D eigenvalue weighted by Gasteiger charge is 2.28. The summed E-state index contributed by atoms with van der Waals surface area (Å²) in [6, 6.07) is 19.8. The molecule has 0 aliphatic heterocycles. The van der Waals surface area contributed by atoms with Crippen molar-refractivity contribution in [3.63, 3.8) is 0 Å². The number of carbonyl (C=O) groups is 3. The monoisotopic (exact) mass is 530 g/mol. The Hall–Kier alpha value is -4.59. The van der Waals surface area contributed by atoms with Gasteiger partial charge >= 0.3 is 0 Å². The third-order valence-corrected chi connectivity index (χ3v) is 6.14. The first kappa shape index (κ1) is 29.0. The molecule has 0 aliphatic rings. The number of Topliss-reactive ketones (excluding diaryl/α,β-unsaturated/α-hetero) is 1. The molecule has 0 fully saturated rings. The number of aromatic hydroxyl groups is 2. The maximum Gasteiger partial charge on any atom is 0.289 e. The Morgan fingerprint density at radius 2 is 1.62 bits per heavy atom. The number of hydrogen-bond donors (Lipinski definition) is 4. The Labute approximate surface area is 228 Å². The van der Waals surface area contributed by atoms with Crippen LogP contribution in [0.25, 0.3) is 6.08 Å². The fourth-order valence-corrected chi connectivity index (χ4v) is 4.02. The zero-order valence-corrected chi connectivity index (χ0v) is 22.1. The van der Waals surface area contributed by atoms with Gasteiger partial charge in [-0.15, -0.1) is 0 Å². The molecule has 8 heteroatoms. The smallest absolute Gasteiger partial charge is 0.289 e. The molecule has 0 saturated carbocycles. The lowest BCUT2D eigenvalue weighted by molar-refractivity contribution is -0.139. The number of ketones is 1. The van der Waals surface area contributed by atoms with Crippen LogP contribution in [0.3, 0.4) is 0 Å². The lowest BCUT2D eigenvalue weighted by Gasteiger charge is -2.19. The summed E-state index contributed by atoms with van der Waals surface area (Å²) in [4.78, 5) is 39.3. The molecule has 0 radical (unpaired) electrons. The molecule has 8 nitrogen and oxygen atoms in total. The van der Waals surface area contributed by atoms with E-state index in [1.807, 2.05) is 61.5 Å². The van der Waals surface area contributed by atoms with Gasteiger partial charge in [-0.2, -0.15) is 0 Å². The Morgan fingerprint density at radius 1 is 0.897 bits per heavy atom. The summed E-state index contributed by atoms with van der Waals surface area (Å²) >= 11 is 0. The Morgan fingerprint density at radius 3 is 2.26 bits per heavy atom. The van der Waals surface area contributed by atoms with E-state index in [1.54, 1.807) is 19.3 Å².